The number of nitrogens with zero attached hydrogens (tertiary/aromatic N) is 3. The van der Waals surface area contributed by atoms with Gasteiger partial charge in [-0.25, -0.2) is 0 Å². The molecule has 1 atom stereocenters. The number of ether oxygens (including phenoxy) is 1. The lowest BCUT2D eigenvalue weighted by molar-refractivity contribution is -0.124. The van der Waals surface area contributed by atoms with Crippen LogP contribution in [0, 0.1) is 0 Å². The Hall–Kier alpha value is -1.86. The number of rotatable bonds is 3. The second kappa shape index (κ2) is 5.41. The van der Waals surface area contributed by atoms with Crippen LogP contribution in [0.5, 0.6) is 0 Å². The van der Waals surface area contributed by atoms with Gasteiger partial charge < -0.3 is 4.74 Å². The van der Waals surface area contributed by atoms with Crippen molar-refractivity contribution in [1.82, 2.24) is 15.2 Å². The highest BCUT2D eigenvalue weighted by Gasteiger charge is 2.24. The van der Waals surface area contributed by atoms with Gasteiger partial charge >= 0.3 is 0 Å². The fourth-order valence-corrected chi connectivity index (χ4v) is 2.61. The first-order valence-corrected chi connectivity index (χ1v) is 6.81. The molecule has 1 saturated heterocycles. The molecular weight excluding hydrogens is 264 g/mol. The van der Waals surface area contributed by atoms with Crippen molar-refractivity contribution in [3.05, 3.63) is 24.5 Å². The quantitative estimate of drug-likeness (QED) is 0.923. The Morgan fingerprint density at radius 3 is 2.95 bits per heavy atom. The van der Waals surface area contributed by atoms with E-state index in [0.717, 1.165) is 23.4 Å². The van der Waals surface area contributed by atoms with Gasteiger partial charge in [0.25, 0.3) is 5.91 Å². The molecule has 0 unspecified atom stereocenters. The van der Waals surface area contributed by atoms with Crippen molar-refractivity contribution >= 4 is 22.4 Å². The number of hydrogen-bond acceptors (Lipinski definition) is 6. The Kier molecular flexibility index (Phi) is 3.47. The predicted molar refractivity (Wildman–Crippen MR) is 70.7 cm³/mol. The Bertz CT molecular complexity index is 566. The van der Waals surface area contributed by atoms with Crippen molar-refractivity contribution in [2.24, 2.45) is 0 Å². The maximum absolute atomic E-state index is 11.9. The van der Waals surface area contributed by atoms with E-state index >= 15 is 0 Å². The fourth-order valence-electron chi connectivity index (χ4n) is 1.86. The van der Waals surface area contributed by atoms with E-state index in [1.165, 1.54) is 11.3 Å². The number of pyridine rings is 1. The molecule has 1 N–H and O–H groups in total. The number of nitrogens with one attached hydrogen (secondary N) is 1. The topological polar surface area (TPSA) is 77.0 Å². The zero-order valence-corrected chi connectivity index (χ0v) is 10.9. The van der Waals surface area contributed by atoms with E-state index in [1.807, 2.05) is 12.1 Å². The second-order valence-electron chi connectivity index (χ2n) is 4.14. The van der Waals surface area contributed by atoms with Crippen molar-refractivity contribution in [1.29, 1.82) is 0 Å². The minimum absolute atomic E-state index is 0.144. The summed E-state index contributed by atoms with van der Waals surface area (Å²) in [6.07, 6.45) is 4.73. The van der Waals surface area contributed by atoms with E-state index in [9.17, 15) is 4.79 Å². The minimum Gasteiger partial charge on any atom is -0.368 e. The summed E-state index contributed by atoms with van der Waals surface area (Å²) >= 11 is 1.34. The van der Waals surface area contributed by atoms with Crippen molar-refractivity contribution in [3.8, 4) is 10.6 Å². The highest BCUT2D eigenvalue weighted by molar-refractivity contribution is 7.18. The SMILES string of the molecule is O=C(Nc1nnc(-c2ccncc2)s1)[C@H]1CCCO1. The zero-order valence-electron chi connectivity index (χ0n) is 10.1. The zero-order chi connectivity index (χ0) is 13.1. The van der Waals surface area contributed by atoms with Crippen LogP contribution in [0.15, 0.2) is 24.5 Å². The van der Waals surface area contributed by atoms with Crippen molar-refractivity contribution in [3.63, 3.8) is 0 Å². The molecule has 3 rings (SSSR count). The van der Waals surface area contributed by atoms with Gasteiger partial charge in [0.1, 0.15) is 11.1 Å². The van der Waals surface area contributed by atoms with Crippen LogP contribution in [0.4, 0.5) is 5.13 Å². The van der Waals surface area contributed by atoms with Crippen LogP contribution in [0.25, 0.3) is 10.6 Å². The molecule has 6 nitrogen and oxygen atoms in total. The van der Waals surface area contributed by atoms with Gasteiger partial charge in [0.2, 0.25) is 5.13 Å². The number of carbonyl (C=O) groups excluding carboxylic acids is 1. The first-order valence-electron chi connectivity index (χ1n) is 5.99. The molecule has 1 aliphatic heterocycles. The lowest BCUT2D eigenvalue weighted by Crippen LogP contribution is -2.26. The Labute approximate surface area is 113 Å². The number of amides is 1. The summed E-state index contributed by atoms with van der Waals surface area (Å²) in [5, 5.41) is 12.0. The molecule has 2 aromatic rings. The average molecular weight is 276 g/mol. The third-order valence-corrected chi connectivity index (χ3v) is 3.69. The summed E-state index contributed by atoms with van der Waals surface area (Å²) in [6.45, 7) is 0.649. The first kappa shape index (κ1) is 12.2. The van der Waals surface area contributed by atoms with E-state index in [0.29, 0.717) is 11.7 Å². The number of carbonyl (C=O) groups is 1. The normalized spacial score (nSPS) is 18.4. The highest BCUT2D eigenvalue weighted by Crippen LogP contribution is 2.26. The molecule has 2 aromatic heterocycles. The van der Waals surface area contributed by atoms with Crippen LogP contribution in [0.2, 0.25) is 0 Å². The first-order chi connectivity index (χ1) is 9.33. The monoisotopic (exact) mass is 276 g/mol. The molecule has 0 aromatic carbocycles. The van der Waals surface area contributed by atoms with E-state index in [4.69, 9.17) is 4.74 Å². The van der Waals surface area contributed by atoms with Gasteiger partial charge in [-0.05, 0) is 25.0 Å². The second-order valence-corrected chi connectivity index (χ2v) is 5.12. The largest absolute Gasteiger partial charge is 0.368 e. The molecule has 1 aliphatic rings. The Balaban J connectivity index is 1.70. The average Bonchev–Trinajstić information content (AvgIpc) is 3.11. The molecule has 19 heavy (non-hydrogen) atoms. The molecule has 0 aliphatic carbocycles. The molecule has 7 heteroatoms. The van der Waals surface area contributed by atoms with Crippen molar-refractivity contribution in [2.75, 3.05) is 11.9 Å². The fraction of sp³-hybridized carbons (Fsp3) is 0.333. The third-order valence-electron chi connectivity index (χ3n) is 2.80. The van der Waals surface area contributed by atoms with Crippen LogP contribution < -0.4 is 5.32 Å². The van der Waals surface area contributed by atoms with Gasteiger partial charge in [-0.1, -0.05) is 11.3 Å². The van der Waals surface area contributed by atoms with E-state index in [-0.39, 0.29) is 12.0 Å². The molecule has 0 saturated carbocycles. The van der Waals surface area contributed by atoms with Gasteiger partial charge in [0.05, 0.1) is 0 Å². The summed E-state index contributed by atoms with van der Waals surface area (Å²) < 4.78 is 5.31. The maximum atomic E-state index is 11.9. The maximum Gasteiger partial charge on any atom is 0.255 e. The van der Waals surface area contributed by atoms with Crippen LogP contribution in [0.3, 0.4) is 0 Å². The molecule has 0 bridgehead atoms. The lowest BCUT2D eigenvalue weighted by Gasteiger charge is -2.06. The van der Waals surface area contributed by atoms with Crippen LogP contribution in [0.1, 0.15) is 12.8 Å². The smallest absolute Gasteiger partial charge is 0.255 e. The van der Waals surface area contributed by atoms with Gasteiger partial charge in [-0.15, -0.1) is 10.2 Å². The molecular formula is C12H12N4O2S. The van der Waals surface area contributed by atoms with Crippen LogP contribution >= 0.6 is 11.3 Å². The Morgan fingerprint density at radius 1 is 1.37 bits per heavy atom. The van der Waals surface area contributed by atoms with Crippen LogP contribution in [-0.2, 0) is 9.53 Å². The lowest BCUT2D eigenvalue weighted by atomic mass is 10.2. The van der Waals surface area contributed by atoms with Gasteiger partial charge in [-0.2, -0.15) is 0 Å². The van der Waals surface area contributed by atoms with Gasteiger partial charge in [0, 0.05) is 24.6 Å². The van der Waals surface area contributed by atoms with Crippen molar-refractivity contribution in [2.45, 2.75) is 18.9 Å². The molecule has 1 amide bonds. The van der Waals surface area contributed by atoms with Gasteiger partial charge in [0.15, 0.2) is 0 Å². The molecule has 3 heterocycles. The van der Waals surface area contributed by atoms with E-state index in [1.54, 1.807) is 12.4 Å². The summed E-state index contributed by atoms with van der Waals surface area (Å²) in [6, 6.07) is 3.71. The standard InChI is InChI=1S/C12H12N4O2S/c17-10(9-2-1-7-18-9)14-12-16-15-11(19-12)8-3-5-13-6-4-8/h3-6,9H,1-2,7H2,(H,14,16,17)/t9-/m1/s1. The predicted octanol–water partition coefficient (Wildman–Crippen LogP) is 1.72. The third kappa shape index (κ3) is 2.77. The summed E-state index contributed by atoms with van der Waals surface area (Å²) in [4.78, 5) is 15.8. The summed E-state index contributed by atoms with van der Waals surface area (Å²) in [5.74, 6) is -0.144. The number of anilines is 1. The number of hydrogen-bond donors (Lipinski definition) is 1. The van der Waals surface area contributed by atoms with Gasteiger partial charge in [-0.3, -0.25) is 15.1 Å². The van der Waals surface area contributed by atoms with Crippen molar-refractivity contribution < 1.29 is 9.53 Å². The molecule has 98 valence electrons. The minimum atomic E-state index is -0.353. The molecule has 1 fully saturated rings. The number of aromatic nitrogens is 3. The molecule has 0 spiro atoms. The molecule has 0 radical (unpaired) electrons. The Morgan fingerprint density at radius 2 is 2.21 bits per heavy atom. The van der Waals surface area contributed by atoms with Crippen LogP contribution in [-0.4, -0.2) is 33.8 Å². The summed E-state index contributed by atoms with van der Waals surface area (Å²) in [5.41, 5.74) is 0.935. The van der Waals surface area contributed by atoms with E-state index < -0.39 is 0 Å². The van der Waals surface area contributed by atoms with E-state index in [2.05, 4.69) is 20.5 Å². The summed E-state index contributed by atoms with van der Waals surface area (Å²) in [7, 11) is 0. The highest BCUT2D eigenvalue weighted by atomic mass is 32.1.